The Bertz CT molecular complexity index is 675. The van der Waals surface area contributed by atoms with Crippen LogP contribution in [0.1, 0.15) is 26.2 Å². The molecule has 0 aliphatic carbocycles. The second-order valence-electron chi connectivity index (χ2n) is 6.43. The van der Waals surface area contributed by atoms with Gasteiger partial charge in [0.2, 0.25) is 0 Å². The number of hydrogen-bond donors (Lipinski definition) is 2. The van der Waals surface area contributed by atoms with E-state index in [0.29, 0.717) is 19.8 Å². The smallest absolute Gasteiger partial charge is 0.191 e. The number of guanidine groups is 1. The molecule has 0 amide bonds. The van der Waals surface area contributed by atoms with Gasteiger partial charge in [-0.2, -0.15) is 0 Å². The SMILES string of the molecule is CCCCOCCOCCNC(=NC)NCCCn1ccc2ccccc21.I. The number of nitrogens with zero attached hydrogens (tertiary/aromatic N) is 2. The van der Waals surface area contributed by atoms with Crippen LogP contribution in [0, 0.1) is 0 Å². The van der Waals surface area contributed by atoms with Crippen molar-refractivity contribution >= 4 is 40.8 Å². The lowest BCUT2D eigenvalue weighted by molar-refractivity contribution is 0.0487. The summed E-state index contributed by atoms with van der Waals surface area (Å²) < 4.78 is 13.3. The van der Waals surface area contributed by atoms with Crippen LogP contribution in [0.15, 0.2) is 41.5 Å². The molecule has 28 heavy (non-hydrogen) atoms. The topological polar surface area (TPSA) is 59.8 Å². The molecular weight excluding hydrogens is 467 g/mol. The summed E-state index contributed by atoms with van der Waals surface area (Å²) in [5, 5.41) is 7.91. The molecule has 1 aromatic carbocycles. The number of nitrogens with one attached hydrogen (secondary N) is 2. The van der Waals surface area contributed by atoms with Crippen LogP contribution >= 0.6 is 24.0 Å². The Morgan fingerprint density at radius 2 is 1.71 bits per heavy atom. The molecule has 7 heteroatoms. The normalized spacial score (nSPS) is 11.4. The van der Waals surface area contributed by atoms with Crippen molar-refractivity contribution in [2.75, 3.05) is 46.6 Å². The Balaban J connectivity index is 0.00000392. The number of aromatic nitrogens is 1. The highest BCUT2D eigenvalue weighted by Gasteiger charge is 2.00. The molecule has 0 radical (unpaired) electrons. The van der Waals surface area contributed by atoms with Crippen LogP contribution in [-0.4, -0.2) is 57.1 Å². The molecule has 1 aromatic heterocycles. The monoisotopic (exact) mass is 502 g/mol. The van der Waals surface area contributed by atoms with E-state index in [2.05, 4.69) is 63.6 Å². The van der Waals surface area contributed by atoms with E-state index in [1.165, 1.54) is 17.3 Å². The quantitative estimate of drug-likeness (QED) is 0.190. The molecule has 2 aromatic rings. The Morgan fingerprint density at radius 3 is 2.50 bits per heavy atom. The number of ether oxygens (including phenoxy) is 2. The highest BCUT2D eigenvalue weighted by Crippen LogP contribution is 2.15. The van der Waals surface area contributed by atoms with Crippen LogP contribution in [-0.2, 0) is 16.0 Å². The second-order valence-corrected chi connectivity index (χ2v) is 6.43. The standard InChI is InChI=1S/C21H34N4O2.HI/c1-3-4-15-26-17-18-27-16-12-24-21(22-2)23-11-7-13-25-14-10-19-8-5-6-9-20(19)25;/h5-6,8-10,14H,3-4,7,11-13,15-18H2,1-2H3,(H2,22,23,24);1H. The fraction of sp³-hybridized carbons (Fsp3) is 0.571. The molecule has 0 saturated heterocycles. The number of halogens is 1. The predicted octanol–water partition coefficient (Wildman–Crippen LogP) is 3.65. The third kappa shape index (κ3) is 9.25. The molecule has 158 valence electrons. The summed E-state index contributed by atoms with van der Waals surface area (Å²) in [6, 6.07) is 10.6. The maximum absolute atomic E-state index is 5.55. The lowest BCUT2D eigenvalue weighted by Crippen LogP contribution is -2.39. The first kappa shape index (κ1) is 24.7. The zero-order valence-corrected chi connectivity index (χ0v) is 19.5. The second kappa shape index (κ2) is 15.6. The van der Waals surface area contributed by atoms with E-state index in [0.717, 1.165) is 45.0 Å². The zero-order valence-electron chi connectivity index (χ0n) is 17.2. The molecule has 0 unspecified atom stereocenters. The number of para-hydroxylation sites is 1. The average Bonchev–Trinajstić information content (AvgIpc) is 3.11. The molecule has 0 saturated carbocycles. The van der Waals surface area contributed by atoms with E-state index < -0.39 is 0 Å². The number of aryl methyl sites for hydroxylation is 1. The first-order chi connectivity index (χ1) is 13.3. The third-order valence-electron chi connectivity index (χ3n) is 4.33. The van der Waals surface area contributed by atoms with Crippen molar-refractivity contribution in [2.24, 2.45) is 4.99 Å². The molecule has 0 spiro atoms. The maximum Gasteiger partial charge on any atom is 0.191 e. The van der Waals surface area contributed by atoms with Gasteiger partial charge in [-0.3, -0.25) is 4.99 Å². The maximum atomic E-state index is 5.55. The summed E-state index contributed by atoms with van der Waals surface area (Å²) in [6.07, 6.45) is 5.47. The molecular formula is C21H35IN4O2. The van der Waals surface area contributed by atoms with Gasteiger partial charge in [0, 0.05) is 45.0 Å². The Morgan fingerprint density at radius 1 is 0.964 bits per heavy atom. The minimum Gasteiger partial charge on any atom is -0.379 e. The van der Waals surface area contributed by atoms with E-state index in [4.69, 9.17) is 9.47 Å². The molecule has 0 aliphatic heterocycles. The van der Waals surface area contributed by atoms with Gasteiger partial charge in [0.05, 0.1) is 19.8 Å². The van der Waals surface area contributed by atoms with E-state index in [1.54, 1.807) is 7.05 Å². The number of aliphatic imine (C=N–C) groups is 1. The number of benzene rings is 1. The Labute approximate surface area is 186 Å². The summed E-state index contributed by atoms with van der Waals surface area (Å²) in [6.45, 7) is 7.53. The number of hydrogen-bond acceptors (Lipinski definition) is 3. The van der Waals surface area contributed by atoms with Crippen molar-refractivity contribution in [3.05, 3.63) is 36.5 Å². The molecule has 2 N–H and O–H groups in total. The molecule has 0 aliphatic rings. The van der Waals surface area contributed by atoms with Crippen molar-refractivity contribution in [3.63, 3.8) is 0 Å². The van der Waals surface area contributed by atoms with E-state index in [1.807, 2.05) is 0 Å². The Kier molecular flexibility index (Phi) is 13.8. The summed E-state index contributed by atoms with van der Waals surface area (Å²) in [7, 11) is 1.79. The van der Waals surface area contributed by atoms with Crippen LogP contribution in [0.2, 0.25) is 0 Å². The molecule has 0 bridgehead atoms. The van der Waals surface area contributed by atoms with E-state index >= 15 is 0 Å². The summed E-state index contributed by atoms with van der Waals surface area (Å²) in [4.78, 5) is 4.25. The van der Waals surface area contributed by atoms with Gasteiger partial charge < -0.3 is 24.7 Å². The van der Waals surface area contributed by atoms with Gasteiger partial charge >= 0.3 is 0 Å². The van der Waals surface area contributed by atoms with E-state index in [9.17, 15) is 0 Å². The lowest BCUT2D eigenvalue weighted by Gasteiger charge is -2.12. The summed E-state index contributed by atoms with van der Waals surface area (Å²) in [5.74, 6) is 0.815. The highest BCUT2D eigenvalue weighted by atomic mass is 127. The van der Waals surface area contributed by atoms with Crippen molar-refractivity contribution in [2.45, 2.75) is 32.7 Å². The van der Waals surface area contributed by atoms with E-state index in [-0.39, 0.29) is 24.0 Å². The van der Waals surface area contributed by atoms with Gasteiger partial charge in [-0.15, -0.1) is 24.0 Å². The summed E-state index contributed by atoms with van der Waals surface area (Å²) in [5.41, 5.74) is 1.29. The van der Waals surface area contributed by atoms with Gasteiger partial charge in [-0.05, 0) is 30.4 Å². The lowest BCUT2D eigenvalue weighted by atomic mass is 10.2. The number of rotatable bonds is 13. The largest absolute Gasteiger partial charge is 0.379 e. The average molecular weight is 502 g/mol. The first-order valence-electron chi connectivity index (χ1n) is 9.99. The van der Waals surface area contributed by atoms with Crippen molar-refractivity contribution in [1.29, 1.82) is 0 Å². The van der Waals surface area contributed by atoms with Gasteiger partial charge in [0.25, 0.3) is 0 Å². The molecule has 0 fully saturated rings. The summed E-state index contributed by atoms with van der Waals surface area (Å²) >= 11 is 0. The van der Waals surface area contributed by atoms with Crippen molar-refractivity contribution < 1.29 is 9.47 Å². The fourth-order valence-electron chi connectivity index (χ4n) is 2.82. The minimum absolute atomic E-state index is 0. The fourth-order valence-corrected chi connectivity index (χ4v) is 2.82. The van der Waals surface area contributed by atoms with Crippen molar-refractivity contribution in [3.8, 4) is 0 Å². The highest BCUT2D eigenvalue weighted by molar-refractivity contribution is 14.0. The number of fused-ring (bicyclic) bond motifs is 1. The molecule has 6 nitrogen and oxygen atoms in total. The van der Waals surface area contributed by atoms with Crippen LogP contribution in [0.3, 0.4) is 0 Å². The van der Waals surface area contributed by atoms with Crippen LogP contribution in [0.4, 0.5) is 0 Å². The van der Waals surface area contributed by atoms with Crippen LogP contribution < -0.4 is 10.6 Å². The molecule has 0 atom stereocenters. The third-order valence-corrected chi connectivity index (χ3v) is 4.33. The van der Waals surface area contributed by atoms with Gasteiger partial charge in [-0.1, -0.05) is 31.5 Å². The van der Waals surface area contributed by atoms with Crippen molar-refractivity contribution in [1.82, 2.24) is 15.2 Å². The van der Waals surface area contributed by atoms with Gasteiger partial charge in [0.1, 0.15) is 0 Å². The molecule has 2 rings (SSSR count). The predicted molar refractivity (Wildman–Crippen MR) is 128 cm³/mol. The number of unbranched alkanes of at least 4 members (excludes halogenated alkanes) is 1. The first-order valence-corrected chi connectivity index (χ1v) is 9.99. The minimum atomic E-state index is 0. The van der Waals surface area contributed by atoms with Gasteiger partial charge in [-0.25, -0.2) is 0 Å². The molecule has 1 heterocycles. The zero-order chi connectivity index (χ0) is 19.2. The Hall–Kier alpha value is -1.32. The van der Waals surface area contributed by atoms with Crippen LogP contribution in [0.25, 0.3) is 10.9 Å². The van der Waals surface area contributed by atoms with Crippen LogP contribution in [0.5, 0.6) is 0 Å². The van der Waals surface area contributed by atoms with Gasteiger partial charge in [0.15, 0.2) is 5.96 Å².